The first-order valence-electron chi connectivity index (χ1n) is 6.08. The molecule has 1 aliphatic carbocycles. The van der Waals surface area contributed by atoms with Gasteiger partial charge in [-0.15, -0.1) is 0 Å². The fourth-order valence-corrected chi connectivity index (χ4v) is 1.94. The number of methoxy groups -OCH3 is 1. The van der Waals surface area contributed by atoms with E-state index in [0.717, 1.165) is 12.8 Å². The van der Waals surface area contributed by atoms with Crippen LogP contribution in [0.3, 0.4) is 0 Å². The number of carbonyl (C=O) groups is 1. The molecule has 0 atom stereocenters. The molecule has 1 aromatic carbocycles. The van der Waals surface area contributed by atoms with Crippen LogP contribution in [0.4, 0.5) is 5.69 Å². The molecule has 1 aromatic rings. The molecule has 2 rings (SSSR count). The molecule has 19 heavy (non-hydrogen) atoms. The van der Waals surface area contributed by atoms with E-state index in [0.29, 0.717) is 17.9 Å². The van der Waals surface area contributed by atoms with E-state index < -0.39 is 5.97 Å². The Morgan fingerprint density at radius 1 is 1.53 bits per heavy atom. The van der Waals surface area contributed by atoms with Gasteiger partial charge in [0.15, 0.2) is 0 Å². The second kappa shape index (κ2) is 5.19. The molecule has 1 fully saturated rings. The predicted molar refractivity (Wildman–Crippen MR) is 69.6 cm³/mol. The molecule has 1 aliphatic rings. The Kier molecular flexibility index (Phi) is 3.61. The number of nitrogens with zero attached hydrogens (tertiary/aromatic N) is 1. The third-order valence-corrected chi connectivity index (χ3v) is 3.40. The maximum atomic E-state index is 12.1. The number of rotatable bonds is 5. The minimum Gasteiger partial charge on any atom is -0.496 e. The van der Waals surface area contributed by atoms with Gasteiger partial charge in [0.1, 0.15) is 11.3 Å². The predicted octanol–water partition coefficient (Wildman–Crippen LogP) is 2.13. The number of nitriles is 1. The van der Waals surface area contributed by atoms with Crippen molar-refractivity contribution in [3.05, 3.63) is 23.8 Å². The first-order valence-corrected chi connectivity index (χ1v) is 6.08. The minimum absolute atomic E-state index is 0.138. The van der Waals surface area contributed by atoms with Gasteiger partial charge in [0.2, 0.25) is 0 Å². The van der Waals surface area contributed by atoms with Crippen molar-refractivity contribution in [2.45, 2.75) is 19.3 Å². The zero-order chi connectivity index (χ0) is 13.9. The van der Waals surface area contributed by atoms with Gasteiger partial charge in [0.25, 0.3) is 0 Å². The van der Waals surface area contributed by atoms with Crippen LogP contribution in [-0.4, -0.2) is 19.7 Å². The van der Waals surface area contributed by atoms with Crippen LogP contribution in [0.25, 0.3) is 0 Å². The standard InChI is InChI=1S/C14H16N2O3/c1-18-11-4-2-3-10(16)12(11)13(17)19-9-14(5-6-14)7-8-15/h2-4H,5-7,9,16H2,1H3. The molecular weight excluding hydrogens is 244 g/mol. The highest BCUT2D eigenvalue weighted by Gasteiger charge is 2.44. The van der Waals surface area contributed by atoms with Crippen molar-refractivity contribution in [2.75, 3.05) is 19.5 Å². The van der Waals surface area contributed by atoms with Crippen molar-refractivity contribution in [2.24, 2.45) is 5.41 Å². The molecule has 0 radical (unpaired) electrons. The van der Waals surface area contributed by atoms with Crippen molar-refractivity contribution in [3.63, 3.8) is 0 Å². The van der Waals surface area contributed by atoms with Gasteiger partial charge in [-0.05, 0) is 25.0 Å². The molecule has 0 bridgehead atoms. The topological polar surface area (TPSA) is 85.3 Å². The zero-order valence-electron chi connectivity index (χ0n) is 10.8. The Labute approximate surface area is 111 Å². The Balaban J connectivity index is 2.07. The van der Waals surface area contributed by atoms with Gasteiger partial charge in [0, 0.05) is 17.5 Å². The van der Waals surface area contributed by atoms with E-state index in [-0.39, 0.29) is 17.6 Å². The van der Waals surface area contributed by atoms with Crippen molar-refractivity contribution < 1.29 is 14.3 Å². The Hall–Kier alpha value is -2.22. The number of ether oxygens (including phenoxy) is 2. The molecule has 1 saturated carbocycles. The highest BCUT2D eigenvalue weighted by molar-refractivity contribution is 5.98. The lowest BCUT2D eigenvalue weighted by atomic mass is 10.1. The van der Waals surface area contributed by atoms with Crippen LogP contribution in [-0.2, 0) is 4.74 Å². The summed E-state index contributed by atoms with van der Waals surface area (Å²) in [5, 5.41) is 8.72. The first-order chi connectivity index (χ1) is 9.12. The van der Waals surface area contributed by atoms with Gasteiger partial charge in [-0.25, -0.2) is 4.79 Å². The maximum Gasteiger partial charge on any atom is 0.344 e. The fraction of sp³-hybridized carbons (Fsp3) is 0.429. The molecule has 0 amide bonds. The highest BCUT2D eigenvalue weighted by Crippen LogP contribution is 2.48. The van der Waals surface area contributed by atoms with Crippen LogP contribution in [0.5, 0.6) is 5.75 Å². The van der Waals surface area contributed by atoms with Crippen LogP contribution in [0, 0.1) is 16.7 Å². The summed E-state index contributed by atoms with van der Waals surface area (Å²) in [7, 11) is 1.48. The minimum atomic E-state index is -0.501. The molecular formula is C14H16N2O3. The number of hydrogen-bond donors (Lipinski definition) is 1. The normalized spacial score (nSPS) is 15.4. The number of hydrogen-bond acceptors (Lipinski definition) is 5. The lowest BCUT2D eigenvalue weighted by Gasteiger charge is -2.14. The van der Waals surface area contributed by atoms with E-state index in [2.05, 4.69) is 6.07 Å². The number of nitrogen functional groups attached to an aromatic ring is 1. The third-order valence-electron chi connectivity index (χ3n) is 3.40. The van der Waals surface area contributed by atoms with E-state index in [1.165, 1.54) is 7.11 Å². The van der Waals surface area contributed by atoms with Gasteiger partial charge >= 0.3 is 5.97 Å². The number of nitrogens with two attached hydrogens (primary N) is 1. The van der Waals surface area contributed by atoms with Gasteiger partial charge < -0.3 is 15.2 Å². The van der Waals surface area contributed by atoms with E-state index in [1.807, 2.05) is 0 Å². The number of anilines is 1. The van der Waals surface area contributed by atoms with Crippen LogP contribution < -0.4 is 10.5 Å². The second-order valence-corrected chi connectivity index (χ2v) is 4.84. The third kappa shape index (κ3) is 2.79. The molecule has 5 heteroatoms. The second-order valence-electron chi connectivity index (χ2n) is 4.84. The van der Waals surface area contributed by atoms with Gasteiger partial charge in [-0.3, -0.25) is 0 Å². The summed E-state index contributed by atoms with van der Waals surface area (Å²) >= 11 is 0. The Morgan fingerprint density at radius 2 is 2.26 bits per heavy atom. The maximum absolute atomic E-state index is 12.1. The quantitative estimate of drug-likeness (QED) is 0.647. The summed E-state index contributed by atoms with van der Waals surface area (Å²) in [6, 6.07) is 7.13. The van der Waals surface area contributed by atoms with Gasteiger partial charge in [-0.1, -0.05) is 6.07 Å². The van der Waals surface area contributed by atoms with E-state index in [1.54, 1.807) is 18.2 Å². The number of esters is 1. The van der Waals surface area contributed by atoms with Crippen molar-refractivity contribution in [3.8, 4) is 11.8 Å². The lowest BCUT2D eigenvalue weighted by Crippen LogP contribution is -2.16. The summed E-state index contributed by atoms with van der Waals surface area (Å²) < 4.78 is 10.4. The fourth-order valence-electron chi connectivity index (χ4n) is 1.94. The van der Waals surface area contributed by atoms with E-state index in [9.17, 15) is 4.79 Å². The average Bonchev–Trinajstić information content (AvgIpc) is 3.16. The van der Waals surface area contributed by atoms with E-state index >= 15 is 0 Å². The molecule has 0 aliphatic heterocycles. The van der Waals surface area contributed by atoms with Crippen LogP contribution >= 0.6 is 0 Å². The first kappa shape index (κ1) is 13.2. The van der Waals surface area contributed by atoms with Gasteiger partial charge in [0.05, 0.1) is 19.8 Å². The number of carbonyl (C=O) groups excluding carboxylic acids is 1. The molecule has 2 N–H and O–H groups in total. The van der Waals surface area contributed by atoms with Crippen molar-refractivity contribution >= 4 is 11.7 Å². The highest BCUT2D eigenvalue weighted by atomic mass is 16.5. The summed E-state index contributed by atoms with van der Waals surface area (Å²) in [6.45, 7) is 0.261. The molecule has 0 unspecified atom stereocenters. The molecule has 0 heterocycles. The Bertz CT molecular complexity index is 530. The molecule has 0 aromatic heterocycles. The van der Waals surface area contributed by atoms with Crippen molar-refractivity contribution in [1.82, 2.24) is 0 Å². The smallest absolute Gasteiger partial charge is 0.344 e. The monoisotopic (exact) mass is 260 g/mol. The average molecular weight is 260 g/mol. The SMILES string of the molecule is COc1cccc(N)c1C(=O)OCC1(CC#N)CC1. The molecule has 5 nitrogen and oxygen atoms in total. The molecule has 0 saturated heterocycles. The Morgan fingerprint density at radius 3 is 2.84 bits per heavy atom. The largest absolute Gasteiger partial charge is 0.496 e. The molecule has 0 spiro atoms. The summed E-state index contributed by atoms with van der Waals surface area (Å²) in [6.07, 6.45) is 2.27. The lowest BCUT2D eigenvalue weighted by molar-refractivity contribution is 0.0417. The van der Waals surface area contributed by atoms with Crippen molar-refractivity contribution in [1.29, 1.82) is 5.26 Å². The molecule has 100 valence electrons. The van der Waals surface area contributed by atoms with E-state index in [4.69, 9.17) is 20.5 Å². The van der Waals surface area contributed by atoms with Gasteiger partial charge in [-0.2, -0.15) is 5.26 Å². The van der Waals surface area contributed by atoms with Crippen LogP contribution in [0.1, 0.15) is 29.6 Å². The van der Waals surface area contributed by atoms with Crippen LogP contribution in [0.15, 0.2) is 18.2 Å². The summed E-state index contributed by atoms with van der Waals surface area (Å²) in [5.41, 5.74) is 6.22. The summed E-state index contributed by atoms with van der Waals surface area (Å²) in [4.78, 5) is 12.1. The zero-order valence-corrected chi connectivity index (χ0v) is 10.8. The summed E-state index contributed by atoms with van der Waals surface area (Å²) in [5.74, 6) is -0.103. The number of benzene rings is 1. The van der Waals surface area contributed by atoms with Crippen LogP contribution in [0.2, 0.25) is 0 Å².